The minimum atomic E-state index is -0.956. The lowest BCUT2D eigenvalue weighted by molar-refractivity contribution is 0.0697. The fourth-order valence-corrected chi connectivity index (χ4v) is 2.29. The van der Waals surface area contributed by atoms with Crippen LogP contribution in [0.25, 0.3) is 16.9 Å². The van der Waals surface area contributed by atoms with E-state index in [1.54, 1.807) is 44.0 Å². The SMILES string of the molecule is COc1cncc(-n2cnc(-c3cc(C(=O)O)ccc3C)c2)c1. The molecular weight excluding hydrogens is 294 g/mol. The highest BCUT2D eigenvalue weighted by Crippen LogP contribution is 2.24. The second kappa shape index (κ2) is 5.92. The summed E-state index contributed by atoms with van der Waals surface area (Å²) >= 11 is 0. The van der Waals surface area contributed by atoms with Crippen molar-refractivity contribution in [2.45, 2.75) is 6.92 Å². The highest BCUT2D eigenvalue weighted by Gasteiger charge is 2.11. The first-order valence-electron chi connectivity index (χ1n) is 6.96. The molecule has 0 unspecified atom stereocenters. The van der Waals surface area contributed by atoms with Crippen molar-refractivity contribution in [3.63, 3.8) is 0 Å². The van der Waals surface area contributed by atoms with Gasteiger partial charge in [0.25, 0.3) is 0 Å². The Morgan fingerprint density at radius 3 is 2.83 bits per heavy atom. The van der Waals surface area contributed by atoms with Gasteiger partial charge in [-0.25, -0.2) is 9.78 Å². The van der Waals surface area contributed by atoms with Gasteiger partial charge in [-0.2, -0.15) is 0 Å². The molecule has 0 aliphatic carbocycles. The summed E-state index contributed by atoms with van der Waals surface area (Å²) in [5.41, 5.74) is 3.51. The molecular formula is C17H15N3O3. The second-order valence-corrected chi connectivity index (χ2v) is 5.08. The minimum Gasteiger partial charge on any atom is -0.495 e. The van der Waals surface area contributed by atoms with Gasteiger partial charge in [0.1, 0.15) is 5.75 Å². The number of benzene rings is 1. The number of hydrogen-bond donors (Lipinski definition) is 1. The van der Waals surface area contributed by atoms with Gasteiger partial charge in [-0.1, -0.05) is 6.07 Å². The average Bonchev–Trinajstić information content (AvgIpc) is 3.05. The standard InChI is InChI=1S/C17H15N3O3/c1-11-3-4-12(17(21)22)5-15(11)16-9-20(10-19-16)13-6-14(23-2)8-18-7-13/h3-10H,1-2H3,(H,21,22). The Balaban J connectivity index is 2.02. The van der Waals surface area contributed by atoms with Gasteiger partial charge in [-0.15, -0.1) is 0 Å². The van der Waals surface area contributed by atoms with Crippen LogP contribution in [0.5, 0.6) is 5.75 Å². The van der Waals surface area contributed by atoms with E-state index in [-0.39, 0.29) is 5.56 Å². The Morgan fingerprint density at radius 2 is 2.09 bits per heavy atom. The van der Waals surface area contributed by atoms with Crippen LogP contribution in [-0.4, -0.2) is 32.7 Å². The highest BCUT2D eigenvalue weighted by molar-refractivity contribution is 5.89. The molecule has 0 saturated heterocycles. The fourth-order valence-electron chi connectivity index (χ4n) is 2.29. The zero-order valence-electron chi connectivity index (χ0n) is 12.7. The Morgan fingerprint density at radius 1 is 1.26 bits per heavy atom. The molecule has 3 rings (SSSR count). The van der Waals surface area contributed by atoms with Crippen LogP contribution in [0.4, 0.5) is 0 Å². The quantitative estimate of drug-likeness (QED) is 0.801. The maximum Gasteiger partial charge on any atom is 0.335 e. The second-order valence-electron chi connectivity index (χ2n) is 5.08. The summed E-state index contributed by atoms with van der Waals surface area (Å²) < 4.78 is 6.98. The number of carboxylic acids is 1. The van der Waals surface area contributed by atoms with Crippen LogP contribution < -0.4 is 4.74 Å². The van der Waals surface area contributed by atoms with Crippen LogP contribution in [0.2, 0.25) is 0 Å². The number of ether oxygens (including phenoxy) is 1. The Bertz CT molecular complexity index is 871. The highest BCUT2D eigenvalue weighted by atomic mass is 16.5. The lowest BCUT2D eigenvalue weighted by Crippen LogP contribution is -1.97. The Kier molecular flexibility index (Phi) is 3.80. The smallest absolute Gasteiger partial charge is 0.335 e. The van der Waals surface area contributed by atoms with Crippen LogP contribution in [0.1, 0.15) is 15.9 Å². The number of nitrogens with zero attached hydrogens (tertiary/aromatic N) is 3. The average molecular weight is 309 g/mol. The lowest BCUT2D eigenvalue weighted by Gasteiger charge is -2.05. The molecule has 6 heteroatoms. The number of aromatic carboxylic acids is 1. The van der Waals surface area contributed by atoms with Crippen LogP contribution in [-0.2, 0) is 0 Å². The molecule has 0 aliphatic heterocycles. The molecule has 116 valence electrons. The minimum absolute atomic E-state index is 0.239. The van der Waals surface area contributed by atoms with Crippen LogP contribution in [0.15, 0.2) is 49.2 Å². The summed E-state index contributed by atoms with van der Waals surface area (Å²) in [6, 6.07) is 6.85. The molecule has 0 bridgehead atoms. The van der Waals surface area contributed by atoms with Crippen molar-refractivity contribution >= 4 is 5.97 Å². The summed E-state index contributed by atoms with van der Waals surface area (Å²) in [4.78, 5) is 19.6. The van der Waals surface area contributed by atoms with Crippen molar-refractivity contribution in [2.24, 2.45) is 0 Å². The molecule has 0 fully saturated rings. The van der Waals surface area contributed by atoms with Crippen molar-refractivity contribution in [3.8, 4) is 22.7 Å². The molecule has 2 heterocycles. The van der Waals surface area contributed by atoms with Crippen molar-refractivity contribution in [3.05, 3.63) is 60.3 Å². The number of aryl methyl sites for hydroxylation is 1. The number of carboxylic acid groups (broad SMARTS) is 1. The van der Waals surface area contributed by atoms with Crippen LogP contribution in [0, 0.1) is 6.92 Å². The van der Waals surface area contributed by atoms with E-state index in [0.29, 0.717) is 11.4 Å². The summed E-state index contributed by atoms with van der Waals surface area (Å²) in [5.74, 6) is -0.301. The summed E-state index contributed by atoms with van der Waals surface area (Å²) in [6.07, 6.45) is 6.83. The summed E-state index contributed by atoms with van der Waals surface area (Å²) in [5, 5.41) is 9.14. The number of hydrogen-bond acceptors (Lipinski definition) is 4. The number of pyridine rings is 1. The molecule has 0 saturated carbocycles. The Hall–Kier alpha value is -3.15. The van der Waals surface area contributed by atoms with Crippen LogP contribution in [0.3, 0.4) is 0 Å². The van der Waals surface area contributed by atoms with E-state index in [0.717, 1.165) is 16.8 Å². The predicted octanol–water partition coefficient (Wildman–Crippen LogP) is 2.95. The third-order valence-electron chi connectivity index (χ3n) is 3.58. The van der Waals surface area contributed by atoms with E-state index >= 15 is 0 Å². The maximum absolute atomic E-state index is 11.1. The van der Waals surface area contributed by atoms with Gasteiger partial charge < -0.3 is 14.4 Å². The summed E-state index contributed by atoms with van der Waals surface area (Å²) in [7, 11) is 1.58. The molecule has 0 aliphatic rings. The number of rotatable bonds is 4. The summed E-state index contributed by atoms with van der Waals surface area (Å²) in [6.45, 7) is 1.92. The zero-order valence-corrected chi connectivity index (χ0v) is 12.7. The van der Waals surface area contributed by atoms with E-state index < -0.39 is 5.97 Å². The predicted molar refractivity (Wildman–Crippen MR) is 85.0 cm³/mol. The molecule has 3 aromatic rings. The van der Waals surface area contributed by atoms with Gasteiger partial charge in [0, 0.05) is 17.8 Å². The van der Waals surface area contributed by atoms with Crippen molar-refractivity contribution in [1.29, 1.82) is 0 Å². The molecule has 0 radical (unpaired) electrons. The molecule has 0 atom stereocenters. The maximum atomic E-state index is 11.1. The van der Waals surface area contributed by atoms with E-state index in [1.807, 2.05) is 23.8 Å². The molecule has 1 aromatic carbocycles. The van der Waals surface area contributed by atoms with E-state index in [1.165, 1.54) is 0 Å². The van der Waals surface area contributed by atoms with Crippen molar-refractivity contribution in [1.82, 2.24) is 14.5 Å². The molecule has 0 amide bonds. The topological polar surface area (TPSA) is 77.2 Å². The Labute approximate surface area is 133 Å². The number of imidazole rings is 1. The fraction of sp³-hybridized carbons (Fsp3) is 0.118. The van der Waals surface area contributed by atoms with Gasteiger partial charge in [-0.3, -0.25) is 4.98 Å². The first-order valence-corrected chi connectivity index (χ1v) is 6.96. The largest absolute Gasteiger partial charge is 0.495 e. The molecule has 1 N–H and O–H groups in total. The number of carbonyl (C=O) groups is 1. The van der Waals surface area contributed by atoms with Gasteiger partial charge in [-0.05, 0) is 24.6 Å². The van der Waals surface area contributed by atoms with Gasteiger partial charge >= 0.3 is 5.97 Å². The third-order valence-corrected chi connectivity index (χ3v) is 3.58. The monoisotopic (exact) mass is 309 g/mol. The molecule has 6 nitrogen and oxygen atoms in total. The normalized spacial score (nSPS) is 10.5. The zero-order chi connectivity index (χ0) is 16.4. The lowest BCUT2D eigenvalue weighted by atomic mass is 10.0. The van der Waals surface area contributed by atoms with Gasteiger partial charge in [0.15, 0.2) is 0 Å². The number of aromatic nitrogens is 3. The molecule has 23 heavy (non-hydrogen) atoms. The van der Waals surface area contributed by atoms with E-state index in [4.69, 9.17) is 9.84 Å². The van der Waals surface area contributed by atoms with Crippen LogP contribution >= 0.6 is 0 Å². The van der Waals surface area contributed by atoms with Gasteiger partial charge in [0.2, 0.25) is 0 Å². The van der Waals surface area contributed by atoms with E-state index in [2.05, 4.69) is 9.97 Å². The molecule has 0 spiro atoms. The van der Waals surface area contributed by atoms with Gasteiger partial charge in [0.05, 0.1) is 42.8 Å². The molecule has 2 aromatic heterocycles. The van der Waals surface area contributed by atoms with Crippen molar-refractivity contribution < 1.29 is 14.6 Å². The van der Waals surface area contributed by atoms with Crippen molar-refractivity contribution in [2.75, 3.05) is 7.11 Å². The van der Waals surface area contributed by atoms with E-state index in [9.17, 15) is 4.79 Å². The third kappa shape index (κ3) is 2.91. The first-order chi connectivity index (χ1) is 11.1. The number of methoxy groups -OCH3 is 1. The first kappa shape index (κ1) is 14.8.